The lowest BCUT2D eigenvalue weighted by molar-refractivity contribution is -0.140. The normalized spacial score (nSPS) is 46.2. The number of nitrogens with zero attached hydrogens (tertiary/aromatic N) is 2. The number of hydrogen-bond donors (Lipinski definition) is 0. The molecule has 0 aromatic rings. The van der Waals surface area contributed by atoms with E-state index in [1.807, 2.05) is 12.2 Å². The van der Waals surface area contributed by atoms with Gasteiger partial charge in [0.05, 0.1) is 23.7 Å². The quantitative estimate of drug-likeness (QED) is 0.541. The Morgan fingerprint density at radius 3 is 1.12 bits per heavy atom. The highest BCUT2D eigenvalue weighted by Gasteiger charge is 2.70. The summed E-state index contributed by atoms with van der Waals surface area (Å²) in [4.78, 5) is 54.5. The topological polar surface area (TPSA) is 74.8 Å². The number of likely N-dealkylation sites (tertiary alicyclic amines) is 2. The van der Waals surface area contributed by atoms with Gasteiger partial charge in [-0.2, -0.15) is 0 Å². The maximum absolute atomic E-state index is 12.9. The number of carbonyl (C=O) groups is 4. The Balaban J connectivity index is 1.44. The predicted octanol–water partition coefficient (Wildman–Crippen LogP) is 0.329. The number of imide groups is 2. The van der Waals surface area contributed by atoms with Crippen molar-refractivity contribution in [3.05, 3.63) is 12.2 Å². The number of carbonyl (C=O) groups excluding carboxylic acids is 4. The Morgan fingerprint density at radius 1 is 0.583 bits per heavy atom. The predicted molar refractivity (Wildman–Crippen MR) is 79.8 cm³/mol. The van der Waals surface area contributed by atoms with Gasteiger partial charge in [-0.15, -0.1) is 0 Å². The van der Waals surface area contributed by atoms with E-state index in [0.29, 0.717) is 0 Å². The van der Waals surface area contributed by atoms with Crippen LogP contribution in [0.1, 0.15) is 25.7 Å². The molecule has 0 N–H and O–H groups in total. The molecule has 0 spiro atoms. The van der Waals surface area contributed by atoms with Gasteiger partial charge in [-0.1, -0.05) is 12.2 Å². The Bertz CT molecular complexity index is 644. The second-order valence-electron chi connectivity index (χ2n) is 8.20. The maximum atomic E-state index is 12.9. The standard InChI is InChI=1S/C18H18N2O4/c21-15-11-9-5-6-10(12(11)16(22)19(15)7-1-2-7)14-13(9)17(23)20(18(14)24)8-3-4-8/h5-14H,1-4H2. The molecule has 7 aliphatic rings. The first-order chi connectivity index (χ1) is 11.6. The van der Waals surface area contributed by atoms with Gasteiger partial charge in [0, 0.05) is 23.9 Å². The van der Waals surface area contributed by atoms with Crippen LogP contribution in [-0.4, -0.2) is 45.5 Å². The SMILES string of the molecule is O=C1C2C3C=CC(C2C(=O)N1C1CC1)C1C(=O)N(C2CC2)C(=O)C31. The molecule has 0 aromatic carbocycles. The van der Waals surface area contributed by atoms with Crippen LogP contribution >= 0.6 is 0 Å². The van der Waals surface area contributed by atoms with Crippen molar-refractivity contribution in [2.75, 3.05) is 0 Å². The smallest absolute Gasteiger partial charge is 0.233 e. The summed E-state index contributed by atoms with van der Waals surface area (Å²) in [7, 11) is 0. The lowest BCUT2D eigenvalue weighted by Crippen LogP contribution is -2.50. The summed E-state index contributed by atoms with van der Waals surface area (Å²) in [6.45, 7) is 0. The van der Waals surface area contributed by atoms with E-state index < -0.39 is 23.7 Å². The molecule has 5 fully saturated rings. The zero-order valence-electron chi connectivity index (χ0n) is 13.1. The molecule has 124 valence electrons. The molecular formula is C18H18N2O4. The maximum Gasteiger partial charge on any atom is 0.233 e. The summed E-state index contributed by atoms with van der Waals surface area (Å²) < 4.78 is 0. The van der Waals surface area contributed by atoms with Crippen molar-refractivity contribution in [3.63, 3.8) is 0 Å². The van der Waals surface area contributed by atoms with Crippen molar-refractivity contribution >= 4 is 23.6 Å². The third-order valence-electron chi connectivity index (χ3n) is 6.90. The average molecular weight is 326 g/mol. The van der Waals surface area contributed by atoms with Gasteiger partial charge in [0.15, 0.2) is 0 Å². The van der Waals surface area contributed by atoms with Gasteiger partial charge in [0.1, 0.15) is 0 Å². The Kier molecular flexibility index (Phi) is 2.21. The van der Waals surface area contributed by atoms with E-state index in [-0.39, 0.29) is 47.5 Å². The average Bonchev–Trinajstić information content (AvgIpc) is 3.48. The molecule has 4 atom stereocenters. The molecule has 0 aromatic heterocycles. The summed E-state index contributed by atoms with van der Waals surface area (Å²) in [6.07, 6.45) is 7.44. The number of rotatable bonds is 2. The lowest BCUT2D eigenvalue weighted by Gasteiger charge is -2.44. The highest BCUT2D eigenvalue weighted by Crippen LogP contribution is 2.59. The van der Waals surface area contributed by atoms with Gasteiger partial charge in [0.2, 0.25) is 23.6 Å². The molecule has 2 heterocycles. The van der Waals surface area contributed by atoms with Gasteiger partial charge < -0.3 is 0 Å². The van der Waals surface area contributed by atoms with Gasteiger partial charge >= 0.3 is 0 Å². The Morgan fingerprint density at radius 2 is 0.875 bits per heavy atom. The minimum atomic E-state index is -0.426. The van der Waals surface area contributed by atoms with Gasteiger partial charge in [0.25, 0.3) is 0 Å². The van der Waals surface area contributed by atoms with Crippen molar-refractivity contribution in [3.8, 4) is 0 Å². The third kappa shape index (κ3) is 1.36. The molecule has 4 amide bonds. The molecule has 0 radical (unpaired) electrons. The highest BCUT2D eigenvalue weighted by atomic mass is 16.2. The summed E-state index contributed by atoms with van der Waals surface area (Å²) in [6, 6.07) is 0.119. The van der Waals surface area contributed by atoms with E-state index in [2.05, 4.69) is 0 Å². The molecule has 2 aliphatic heterocycles. The van der Waals surface area contributed by atoms with Crippen molar-refractivity contribution in [1.82, 2.24) is 9.80 Å². The van der Waals surface area contributed by atoms with Crippen LogP contribution in [0.2, 0.25) is 0 Å². The van der Waals surface area contributed by atoms with Crippen LogP contribution in [0.5, 0.6) is 0 Å². The molecule has 6 nitrogen and oxygen atoms in total. The largest absolute Gasteiger partial charge is 0.279 e. The zero-order chi connectivity index (χ0) is 16.3. The van der Waals surface area contributed by atoms with E-state index in [0.717, 1.165) is 25.7 Å². The van der Waals surface area contributed by atoms with E-state index in [1.165, 1.54) is 9.80 Å². The molecule has 7 rings (SSSR count). The second kappa shape index (κ2) is 3.98. The van der Waals surface area contributed by atoms with E-state index in [4.69, 9.17) is 0 Å². The Labute approximate surface area is 138 Å². The molecule has 6 heteroatoms. The monoisotopic (exact) mass is 326 g/mol. The van der Waals surface area contributed by atoms with Crippen molar-refractivity contribution < 1.29 is 19.2 Å². The first-order valence-corrected chi connectivity index (χ1v) is 9.02. The molecule has 3 saturated carbocycles. The molecule has 4 unspecified atom stereocenters. The lowest BCUT2D eigenvalue weighted by atomic mass is 9.54. The fourth-order valence-corrected chi connectivity index (χ4v) is 5.66. The summed E-state index contributed by atoms with van der Waals surface area (Å²) in [5.41, 5.74) is 0. The van der Waals surface area contributed by atoms with Crippen molar-refractivity contribution in [2.45, 2.75) is 37.8 Å². The Hall–Kier alpha value is -1.98. The summed E-state index contributed by atoms with van der Waals surface area (Å²) in [5, 5.41) is 0. The van der Waals surface area contributed by atoms with Crippen LogP contribution in [0.15, 0.2) is 12.2 Å². The minimum absolute atomic E-state index is 0.0595. The fraction of sp³-hybridized carbons (Fsp3) is 0.667. The first-order valence-electron chi connectivity index (χ1n) is 9.02. The van der Waals surface area contributed by atoms with Gasteiger partial charge in [-0.25, -0.2) is 0 Å². The van der Waals surface area contributed by atoms with Gasteiger partial charge in [-0.3, -0.25) is 29.0 Å². The minimum Gasteiger partial charge on any atom is -0.279 e. The number of allylic oxidation sites excluding steroid dienone is 2. The highest BCUT2D eigenvalue weighted by molar-refractivity contribution is 6.11. The van der Waals surface area contributed by atoms with Crippen LogP contribution in [0, 0.1) is 35.5 Å². The molecule has 5 aliphatic carbocycles. The molecular weight excluding hydrogens is 308 g/mol. The zero-order valence-corrected chi connectivity index (χ0v) is 13.1. The second-order valence-corrected chi connectivity index (χ2v) is 8.20. The number of amides is 4. The van der Waals surface area contributed by atoms with Crippen molar-refractivity contribution in [1.29, 1.82) is 0 Å². The van der Waals surface area contributed by atoms with E-state index in [9.17, 15) is 19.2 Å². The third-order valence-corrected chi connectivity index (χ3v) is 6.90. The molecule has 2 bridgehead atoms. The van der Waals surface area contributed by atoms with E-state index in [1.54, 1.807) is 0 Å². The van der Waals surface area contributed by atoms with Crippen LogP contribution in [-0.2, 0) is 19.2 Å². The first kappa shape index (κ1) is 13.3. The van der Waals surface area contributed by atoms with Crippen LogP contribution in [0.4, 0.5) is 0 Å². The summed E-state index contributed by atoms with van der Waals surface area (Å²) in [5.74, 6) is -2.68. The van der Waals surface area contributed by atoms with Crippen LogP contribution in [0.25, 0.3) is 0 Å². The number of hydrogen-bond acceptors (Lipinski definition) is 4. The van der Waals surface area contributed by atoms with E-state index >= 15 is 0 Å². The van der Waals surface area contributed by atoms with Crippen molar-refractivity contribution in [2.24, 2.45) is 35.5 Å². The summed E-state index contributed by atoms with van der Waals surface area (Å²) >= 11 is 0. The molecule has 24 heavy (non-hydrogen) atoms. The van der Waals surface area contributed by atoms with Crippen LogP contribution < -0.4 is 0 Å². The van der Waals surface area contributed by atoms with Crippen LogP contribution in [0.3, 0.4) is 0 Å². The van der Waals surface area contributed by atoms with Gasteiger partial charge in [-0.05, 0) is 25.7 Å². The molecule has 2 saturated heterocycles. The fourth-order valence-electron chi connectivity index (χ4n) is 5.66.